The third kappa shape index (κ3) is 17.8. The lowest BCUT2D eigenvalue weighted by molar-refractivity contribution is -0.191. The van der Waals surface area contributed by atoms with E-state index in [1.165, 1.54) is 33.2 Å². The summed E-state index contributed by atoms with van der Waals surface area (Å²) in [7, 11) is 3.04. The molecule has 91 heavy (non-hydrogen) atoms. The molecule has 11 N–H and O–H groups in total. The van der Waals surface area contributed by atoms with Gasteiger partial charge in [0.2, 0.25) is 17.3 Å². The maximum Gasteiger partial charge on any atom is 0.373 e. The first-order valence-electron chi connectivity index (χ1n) is 26.3. The number of hydrazine groups is 1. The van der Waals surface area contributed by atoms with Crippen LogP contribution in [0, 0.1) is 41.8 Å². The van der Waals surface area contributed by atoms with Gasteiger partial charge in [-0.2, -0.15) is 9.59 Å². The highest BCUT2D eigenvalue weighted by Gasteiger charge is 2.49. The summed E-state index contributed by atoms with van der Waals surface area (Å²) in [6.07, 6.45) is 5.66. The Hall–Kier alpha value is -10.3. The smallest absolute Gasteiger partial charge is 0.373 e. The number of amides is 9. The summed E-state index contributed by atoms with van der Waals surface area (Å²) in [5.41, 5.74) is 16.3. The van der Waals surface area contributed by atoms with Crippen LogP contribution in [-0.2, 0) is 32.3 Å². The highest BCUT2D eigenvalue weighted by atomic mass is 127. The number of anilines is 2. The lowest BCUT2D eigenvalue weighted by atomic mass is 9.99. The maximum absolute atomic E-state index is 13.0. The monoisotopic (exact) mass is 1570 g/mol. The number of aromatic nitrogens is 4. The summed E-state index contributed by atoms with van der Waals surface area (Å²) in [6, 6.07) is 39.3. The van der Waals surface area contributed by atoms with Gasteiger partial charge in [0.05, 0.1) is 27.3 Å². The number of nitrogens with one attached hydrogen (secondary N) is 5. The molecule has 2 saturated heterocycles. The molecule has 27 nitrogen and oxygen atoms in total. The average Bonchev–Trinajstić information content (AvgIpc) is 1.66. The number of halogens is 3. The number of terminal acetylenes is 1. The van der Waals surface area contributed by atoms with Crippen LogP contribution in [-0.4, -0.2) is 116 Å². The Labute approximate surface area is 559 Å². The molecule has 0 bridgehead atoms. The van der Waals surface area contributed by atoms with E-state index in [2.05, 4.69) is 164 Å². The number of rotatable bonds is 9. The van der Waals surface area contributed by atoms with E-state index in [0.29, 0.717) is 51.8 Å². The molecular formula is C61H51I3N14O13. The molecule has 0 spiro atoms. The van der Waals surface area contributed by atoms with Crippen LogP contribution in [0.25, 0.3) is 22.9 Å². The molecule has 6 aromatic carbocycles. The minimum atomic E-state index is -1.60. The number of urea groups is 2. The molecule has 0 radical (unpaired) electrons. The molecule has 2 fully saturated rings. The van der Waals surface area contributed by atoms with Gasteiger partial charge < -0.3 is 50.2 Å². The molecule has 12 rings (SSSR count). The summed E-state index contributed by atoms with van der Waals surface area (Å²) >= 11 is 6.70. The van der Waals surface area contributed by atoms with Gasteiger partial charge in [-0.1, -0.05) is 57.8 Å². The lowest BCUT2D eigenvalue weighted by Crippen LogP contribution is -2.54. The number of nitrogens with zero attached hydrogens (tertiary/aromatic N) is 6. The number of aryl methyl sites for hydroxylation is 1. The summed E-state index contributed by atoms with van der Waals surface area (Å²) in [6.45, 7) is 2.50. The fourth-order valence-corrected chi connectivity index (χ4v) is 9.71. The second-order valence-electron chi connectivity index (χ2n) is 19.2. The van der Waals surface area contributed by atoms with E-state index in [4.69, 9.17) is 51.6 Å². The van der Waals surface area contributed by atoms with Crippen LogP contribution in [0.1, 0.15) is 53.3 Å². The van der Waals surface area contributed by atoms with E-state index in [1.54, 1.807) is 72.8 Å². The van der Waals surface area contributed by atoms with Crippen molar-refractivity contribution < 1.29 is 61.5 Å². The van der Waals surface area contributed by atoms with E-state index >= 15 is 0 Å². The minimum Gasteiger partial charge on any atom is -0.497 e. The van der Waals surface area contributed by atoms with Gasteiger partial charge in [0.1, 0.15) is 11.5 Å². The van der Waals surface area contributed by atoms with Crippen molar-refractivity contribution in [3.05, 3.63) is 183 Å². The summed E-state index contributed by atoms with van der Waals surface area (Å²) in [5, 5.41) is 24.1. The molecule has 0 saturated carbocycles. The zero-order valence-corrected chi connectivity index (χ0v) is 54.4. The van der Waals surface area contributed by atoms with Gasteiger partial charge in [-0.25, -0.2) is 15.4 Å². The van der Waals surface area contributed by atoms with Gasteiger partial charge in [-0.15, -0.1) is 16.6 Å². The van der Waals surface area contributed by atoms with Crippen molar-refractivity contribution in [2.75, 3.05) is 38.8 Å². The number of imide groups is 2. The predicted molar refractivity (Wildman–Crippen MR) is 351 cm³/mol. The number of methoxy groups -OCH3 is 2. The molecule has 30 heteroatoms. The Bertz CT molecular complexity index is 4140. The Morgan fingerprint density at radius 1 is 0.626 bits per heavy atom. The Balaban J connectivity index is 0.000000176. The van der Waals surface area contributed by atoms with Gasteiger partial charge >= 0.3 is 30.2 Å². The zero-order chi connectivity index (χ0) is 66.0. The highest BCUT2D eigenvalue weighted by Crippen LogP contribution is 2.31. The third-order valence-electron chi connectivity index (χ3n) is 13.2. The minimum absolute atomic E-state index is 0.0409. The van der Waals surface area contributed by atoms with Crippen molar-refractivity contribution in [3.8, 4) is 58.6 Å². The molecule has 2 atom stereocenters. The largest absolute Gasteiger partial charge is 0.497 e. The summed E-state index contributed by atoms with van der Waals surface area (Å²) in [4.78, 5) is 103. The quantitative estimate of drug-likeness (QED) is 0.0217. The van der Waals surface area contributed by atoms with E-state index in [0.717, 1.165) is 23.8 Å². The van der Waals surface area contributed by atoms with Crippen molar-refractivity contribution in [1.82, 2.24) is 56.9 Å². The zero-order valence-electron chi connectivity index (χ0n) is 48.0. The van der Waals surface area contributed by atoms with Crippen molar-refractivity contribution in [2.45, 2.75) is 31.1 Å². The van der Waals surface area contributed by atoms with Crippen molar-refractivity contribution in [2.24, 2.45) is 5.84 Å². The molecule has 8 aromatic rings. The molecule has 464 valence electrons. The Morgan fingerprint density at radius 2 is 1.03 bits per heavy atom. The van der Waals surface area contributed by atoms with Crippen molar-refractivity contribution in [3.63, 3.8) is 0 Å². The second-order valence-corrected chi connectivity index (χ2v) is 23.0. The van der Waals surface area contributed by atoms with Gasteiger partial charge in [-0.05, 0) is 195 Å². The van der Waals surface area contributed by atoms with Crippen LogP contribution in [0.15, 0.2) is 142 Å². The average molecular weight is 1570 g/mol. The number of fused-ring (bicyclic) bond motifs is 2. The number of hydrogen-bond acceptors (Lipinski definition) is 20. The second kappa shape index (κ2) is 31.3. The SMILES string of the molecule is C#C[C@]1(CN2Cc3ccc(OC)cc3C2=O)NC(=O)NC1=O.COc1ccc2c(c1)C(=O)N(C[C@@]1(C#Cc3ccc(-c4nnc(N)o4)cc3)NC(=O)NC1=O)C2.Cc1ccc(I)cc1.NNC(=O)c1ccc(I)cc1.Nc1nnc(-c2ccc(I)cc2)o1.O=C=O. The molecular weight excluding hydrogens is 1520 g/mol. The highest BCUT2D eigenvalue weighted by molar-refractivity contribution is 14.1. The van der Waals surface area contributed by atoms with E-state index in [-0.39, 0.29) is 61.4 Å². The standard InChI is InChI=1S/C23H18N6O5.C15H13N3O4.C8H6IN3O.C7H7IN2O.C7H7I.CO2/c1-33-16-7-6-15-11-29(19(30)17(15)10-16)12-23(20(31)25-22(32)26-23)9-8-13-2-4-14(5-3-13)18-27-28-21(24)34-18;1-3-15(13(20)16-14(21)17-15)8-18-7-9-4-5-10(22-2)6-11(9)12(18)19;9-6-3-1-5(2-4-6)7-11-12-8(10)13-7;8-6-3-1-5(2-4-6)7(11)10-9;1-6-2-4-7(8)5-3-6;2-1-3/h2-7,10H,11-12H2,1H3,(H2,24,28)(H2,25,26,31,32);1,4-6H,7-8H2,2H3,(H2,16,17,20,21);1-4H,(H2,10,12);1-4H,9H2,(H,10,11);2-5H,1H3;/t23-;15-;;;;/m11..../s1. The van der Waals surface area contributed by atoms with Crippen LogP contribution in [0.5, 0.6) is 11.5 Å². The molecule has 9 amide bonds. The fourth-order valence-electron chi connectivity index (χ4n) is 8.63. The van der Waals surface area contributed by atoms with Crippen molar-refractivity contribution in [1.29, 1.82) is 0 Å². The first-order valence-corrected chi connectivity index (χ1v) is 29.5. The number of benzene rings is 6. The number of hydrogen-bond donors (Lipinski definition) is 8. The number of ether oxygens (including phenoxy) is 2. The molecule has 6 heterocycles. The van der Waals surface area contributed by atoms with Crippen LogP contribution >= 0.6 is 67.8 Å². The van der Waals surface area contributed by atoms with E-state index in [1.807, 2.05) is 36.4 Å². The van der Waals surface area contributed by atoms with Crippen LogP contribution in [0.4, 0.5) is 21.6 Å². The number of carbonyl (C=O) groups excluding carboxylic acids is 9. The summed E-state index contributed by atoms with van der Waals surface area (Å²) in [5.74, 6) is 12.8. The van der Waals surface area contributed by atoms with Crippen LogP contribution in [0.3, 0.4) is 0 Å². The van der Waals surface area contributed by atoms with Gasteiger partial charge in [0.15, 0.2) is 5.54 Å². The number of carbonyl (C=O) groups is 7. The molecule has 2 aromatic heterocycles. The van der Waals surface area contributed by atoms with Gasteiger partial charge in [-0.3, -0.25) is 40.0 Å². The first kappa shape index (κ1) is 68.2. The Kier molecular flexibility index (Phi) is 23.4. The van der Waals surface area contributed by atoms with Gasteiger partial charge in [0, 0.05) is 57.2 Å². The normalized spacial score (nSPS) is 16.0. The third-order valence-corrected chi connectivity index (χ3v) is 15.3. The number of nitrogen functional groups attached to an aromatic ring is 3. The molecule has 4 aliphatic rings. The van der Waals surface area contributed by atoms with Crippen LogP contribution in [0.2, 0.25) is 0 Å². The van der Waals surface area contributed by atoms with Gasteiger partial charge in [0.25, 0.3) is 29.5 Å². The Morgan fingerprint density at radius 3 is 1.41 bits per heavy atom. The number of nitrogens with two attached hydrogens (primary N) is 3. The topological polar surface area (TPSA) is 395 Å². The van der Waals surface area contributed by atoms with E-state index < -0.39 is 35.0 Å². The van der Waals surface area contributed by atoms with E-state index in [9.17, 15) is 33.6 Å². The first-order chi connectivity index (χ1) is 43.5. The lowest BCUT2D eigenvalue weighted by Gasteiger charge is -2.26. The summed E-state index contributed by atoms with van der Waals surface area (Å²) < 4.78 is 24.1. The predicted octanol–water partition coefficient (Wildman–Crippen LogP) is 5.61. The maximum atomic E-state index is 13.0. The molecule has 0 unspecified atom stereocenters. The molecule has 0 aliphatic carbocycles. The molecule has 4 aliphatic heterocycles. The van der Waals surface area contributed by atoms with Crippen LogP contribution < -0.4 is 53.5 Å². The van der Waals surface area contributed by atoms with Crippen molar-refractivity contribution >= 4 is 128 Å². The fraction of sp³-hybridized carbons (Fsp3) is 0.148.